The van der Waals surface area contributed by atoms with E-state index in [1.165, 1.54) is 0 Å². The van der Waals surface area contributed by atoms with E-state index in [1.807, 2.05) is 0 Å². The summed E-state index contributed by atoms with van der Waals surface area (Å²) in [6.45, 7) is 0. The van der Waals surface area contributed by atoms with E-state index in [1.54, 1.807) is 0 Å². The number of nitrogens with zero attached hydrogens (tertiary/aromatic N) is 1. The second-order valence-corrected chi connectivity index (χ2v) is 4.08. The highest BCUT2D eigenvalue weighted by Gasteiger charge is 2.66. The lowest BCUT2D eigenvalue weighted by Crippen LogP contribution is -2.40. The van der Waals surface area contributed by atoms with Gasteiger partial charge in [0.05, 0.1) is 5.56 Å². The Morgan fingerprint density at radius 2 is 1.10 bits per heavy atom. The van der Waals surface area contributed by atoms with Gasteiger partial charge in [-0.2, -0.15) is 43.9 Å². The predicted octanol–water partition coefficient (Wildman–Crippen LogP) is 5.04. The van der Waals surface area contributed by atoms with Crippen molar-refractivity contribution in [1.82, 2.24) is 4.98 Å². The Labute approximate surface area is 114 Å². The summed E-state index contributed by atoms with van der Waals surface area (Å²) in [5.41, 5.74) is -5.24. The van der Waals surface area contributed by atoms with Crippen LogP contribution in [-0.2, 0) is 11.8 Å². The highest BCUT2D eigenvalue weighted by Crippen LogP contribution is 2.51. The fraction of sp³-hybridized carbons (Fsp3) is 0.444. The predicted molar refractivity (Wildman–Crippen MR) is 49.1 cm³/mol. The molecular formula is C9H2ClF10N. The number of alkyl halides is 10. The van der Waals surface area contributed by atoms with Crippen LogP contribution in [0.3, 0.4) is 0 Å². The molecule has 1 heterocycles. The summed E-state index contributed by atoms with van der Waals surface area (Å²) in [6, 6.07) is -0.385. The van der Waals surface area contributed by atoms with E-state index in [4.69, 9.17) is 11.6 Å². The first kappa shape index (κ1) is 17.8. The van der Waals surface area contributed by atoms with Crippen LogP contribution in [0.2, 0.25) is 5.15 Å². The average Bonchev–Trinajstić information content (AvgIpc) is 2.25. The van der Waals surface area contributed by atoms with Gasteiger partial charge < -0.3 is 0 Å². The molecule has 0 saturated heterocycles. The summed E-state index contributed by atoms with van der Waals surface area (Å²) in [4.78, 5) is 2.70. The molecule has 0 aromatic carbocycles. The Bertz CT molecular complexity index is 532. The number of rotatable bonds is 2. The first-order valence-electron chi connectivity index (χ1n) is 4.68. The largest absolute Gasteiger partial charge is 0.458 e. The van der Waals surface area contributed by atoms with Gasteiger partial charge in [0, 0.05) is 11.8 Å². The lowest BCUT2D eigenvalue weighted by atomic mass is 9.98. The zero-order chi connectivity index (χ0) is 16.9. The van der Waals surface area contributed by atoms with Gasteiger partial charge in [0.15, 0.2) is 0 Å². The van der Waals surface area contributed by atoms with Gasteiger partial charge in [0.2, 0.25) is 0 Å². The van der Waals surface area contributed by atoms with Crippen LogP contribution in [0.1, 0.15) is 11.1 Å². The van der Waals surface area contributed by atoms with Gasteiger partial charge in [-0.1, -0.05) is 11.6 Å². The number of hydrogen-bond acceptors (Lipinski definition) is 1. The zero-order valence-corrected chi connectivity index (χ0v) is 10.0. The normalized spacial score (nSPS) is 14.4. The molecule has 0 aliphatic heterocycles. The van der Waals surface area contributed by atoms with Gasteiger partial charge in [-0.25, -0.2) is 4.98 Å². The minimum absolute atomic E-state index is 0.385. The number of hydrogen-bond donors (Lipinski definition) is 0. The summed E-state index contributed by atoms with van der Waals surface area (Å²) in [5, 5.41) is -1.10. The van der Waals surface area contributed by atoms with E-state index < -0.39 is 46.7 Å². The molecule has 0 aliphatic carbocycles. The van der Waals surface area contributed by atoms with Crippen LogP contribution >= 0.6 is 11.6 Å². The maximum Gasteiger partial charge on any atom is 0.458 e. The first-order chi connectivity index (χ1) is 9.12. The third-order valence-electron chi connectivity index (χ3n) is 2.26. The van der Waals surface area contributed by atoms with Crippen molar-refractivity contribution in [3.05, 3.63) is 28.5 Å². The van der Waals surface area contributed by atoms with Crippen LogP contribution in [0.5, 0.6) is 0 Å². The molecule has 0 aliphatic rings. The van der Waals surface area contributed by atoms with Crippen molar-refractivity contribution in [1.29, 1.82) is 0 Å². The topological polar surface area (TPSA) is 12.9 Å². The first-order valence-corrected chi connectivity index (χ1v) is 5.05. The quantitative estimate of drug-likeness (QED) is 0.538. The Hall–Kier alpha value is -1.26. The van der Waals surface area contributed by atoms with Crippen molar-refractivity contribution in [2.75, 3.05) is 0 Å². The Morgan fingerprint density at radius 3 is 1.48 bits per heavy atom. The number of pyridine rings is 1. The Kier molecular flexibility index (Phi) is 4.14. The van der Waals surface area contributed by atoms with E-state index in [0.29, 0.717) is 0 Å². The monoisotopic (exact) mass is 349 g/mol. The fourth-order valence-corrected chi connectivity index (χ4v) is 1.40. The molecule has 0 N–H and O–H groups in total. The summed E-state index contributed by atoms with van der Waals surface area (Å²) in [7, 11) is 0. The van der Waals surface area contributed by atoms with E-state index in [2.05, 4.69) is 4.98 Å². The molecule has 0 bridgehead atoms. The van der Waals surface area contributed by atoms with E-state index in [-0.39, 0.29) is 6.07 Å². The molecule has 12 heteroatoms. The average molecular weight is 350 g/mol. The van der Waals surface area contributed by atoms with Crippen LogP contribution in [0.25, 0.3) is 0 Å². The van der Waals surface area contributed by atoms with Crippen LogP contribution in [0.15, 0.2) is 12.3 Å². The Balaban J connectivity index is 3.66. The van der Waals surface area contributed by atoms with Crippen molar-refractivity contribution in [3.63, 3.8) is 0 Å². The molecule has 0 spiro atoms. The van der Waals surface area contributed by atoms with E-state index in [9.17, 15) is 43.9 Å². The van der Waals surface area contributed by atoms with Gasteiger partial charge >= 0.3 is 24.2 Å². The molecule has 1 aromatic heterocycles. The molecular weight excluding hydrogens is 348 g/mol. The second kappa shape index (κ2) is 4.89. The highest BCUT2D eigenvalue weighted by atomic mass is 35.5. The van der Waals surface area contributed by atoms with Crippen molar-refractivity contribution < 1.29 is 43.9 Å². The van der Waals surface area contributed by atoms with Crippen LogP contribution in [0, 0.1) is 0 Å². The van der Waals surface area contributed by atoms with Crippen LogP contribution in [0.4, 0.5) is 43.9 Å². The molecule has 0 saturated carbocycles. The van der Waals surface area contributed by atoms with Crippen molar-refractivity contribution in [3.8, 4) is 0 Å². The third-order valence-corrected chi connectivity index (χ3v) is 2.47. The number of halogens is 11. The van der Waals surface area contributed by atoms with Gasteiger partial charge in [-0.05, 0) is 6.07 Å². The van der Waals surface area contributed by atoms with Crippen molar-refractivity contribution in [2.45, 2.75) is 24.2 Å². The molecule has 0 unspecified atom stereocenters. The smallest absolute Gasteiger partial charge is 0.244 e. The third kappa shape index (κ3) is 3.01. The minimum Gasteiger partial charge on any atom is -0.244 e. The molecule has 1 rings (SSSR count). The molecule has 0 amide bonds. The Morgan fingerprint density at radius 1 is 0.714 bits per heavy atom. The zero-order valence-electron chi connectivity index (χ0n) is 9.26. The maximum atomic E-state index is 13.1. The summed E-state index contributed by atoms with van der Waals surface area (Å²) >= 11 is 5.00. The molecule has 0 fully saturated rings. The fourth-order valence-electron chi connectivity index (χ4n) is 1.25. The lowest BCUT2D eigenvalue weighted by Gasteiger charge is -2.27. The molecule has 0 atom stereocenters. The summed E-state index contributed by atoms with van der Waals surface area (Å²) < 4.78 is 125. The van der Waals surface area contributed by atoms with Crippen molar-refractivity contribution >= 4 is 11.6 Å². The minimum atomic E-state index is -6.39. The molecule has 0 radical (unpaired) electrons. The summed E-state index contributed by atoms with van der Waals surface area (Å²) in [6.07, 6.45) is -13.3. The van der Waals surface area contributed by atoms with Crippen LogP contribution in [-0.4, -0.2) is 17.3 Å². The standard InChI is InChI=1S/C9H2ClF10N/c10-5-1-3(6(11,12)8(15,16)17)4(2-21-5)7(13,14)9(18,19)20/h1-2H. The van der Waals surface area contributed by atoms with E-state index in [0.717, 1.165) is 0 Å². The SMILES string of the molecule is FC(F)(F)C(F)(F)c1cnc(Cl)cc1C(F)(F)C(F)(F)F. The van der Waals surface area contributed by atoms with Gasteiger partial charge in [0.1, 0.15) is 5.15 Å². The van der Waals surface area contributed by atoms with Gasteiger partial charge in [-0.3, -0.25) is 0 Å². The van der Waals surface area contributed by atoms with Crippen LogP contribution < -0.4 is 0 Å². The van der Waals surface area contributed by atoms with Gasteiger partial charge in [-0.15, -0.1) is 0 Å². The molecule has 120 valence electrons. The number of aromatic nitrogens is 1. The molecule has 1 aromatic rings. The van der Waals surface area contributed by atoms with E-state index >= 15 is 0 Å². The lowest BCUT2D eigenvalue weighted by molar-refractivity contribution is -0.301. The van der Waals surface area contributed by atoms with Gasteiger partial charge in [0.25, 0.3) is 0 Å². The van der Waals surface area contributed by atoms with Crippen molar-refractivity contribution in [2.24, 2.45) is 0 Å². The summed E-state index contributed by atoms with van der Waals surface area (Å²) in [5.74, 6) is -11.9. The molecule has 21 heavy (non-hydrogen) atoms. The maximum absolute atomic E-state index is 13.1. The highest BCUT2D eigenvalue weighted by molar-refractivity contribution is 6.29. The molecule has 1 nitrogen and oxygen atoms in total. The second-order valence-electron chi connectivity index (χ2n) is 3.70.